The third-order valence-corrected chi connectivity index (χ3v) is 3.47. The van der Waals surface area contributed by atoms with Gasteiger partial charge in [-0.2, -0.15) is 0 Å². The number of hydrogen-bond donors (Lipinski definition) is 1. The van der Waals surface area contributed by atoms with E-state index in [0.29, 0.717) is 11.5 Å². The molecule has 0 aliphatic carbocycles. The second-order valence-corrected chi connectivity index (χ2v) is 4.56. The molecule has 0 spiro atoms. The van der Waals surface area contributed by atoms with Crippen LogP contribution in [-0.2, 0) is 0 Å². The van der Waals surface area contributed by atoms with E-state index >= 15 is 0 Å². The topological polar surface area (TPSA) is 53.4 Å². The molecule has 1 aromatic rings. The molecular formula is C13H18N2O2. The molecule has 1 aliphatic rings. The number of aromatic carboxylic acids is 1. The van der Waals surface area contributed by atoms with Crippen LogP contribution in [0.4, 0.5) is 5.69 Å². The highest BCUT2D eigenvalue weighted by Crippen LogP contribution is 2.27. The standard InChI is InChI=1S/C13H18N2O2/c1-2-10-4-3-7-15(9-10)12-5-6-14-8-11(12)13(16)17/h5-6,8,10H,2-4,7,9H2,1H3,(H,16,17)/t10-/m0/s1. The summed E-state index contributed by atoms with van der Waals surface area (Å²) in [6, 6.07) is 1.81. The van der Waals surface area contributed by atoms with E-state index in [-0.39, 0.29) is 0 Å². The van der Waals surface area contributed by atoms with Crippen LogP contribution in [0.5, 0.6) is 0 Å². The lowest BCUT2D eigenvalue weighted by atomic mass is 9.95. The number of hydrogen-bond acceptors (Lipinski definition) is 3. The van der Waals surface area contributed by atoms with Crippen LogP contribution < -0.4 is 4.90 Å². The predicted molar refractivity (Wildman–Crippen MR) is 66.4 cm³/mol. The molecule has 4 heteroatoms. The monoisotopic (exact) mass is 234 g/mol. The van der Waals surface area contributed by atoms with Crippen molar-refractivity contribution < 1.29 is 9.90 Å². The summed E-state index contributed by atoms with van der Waals surface area (Å²) < 4.78 is 0. The zero-order valence-electron chi connectivity index (χ0n) is 10.1. The maximum atomic E-state index is 11.1. The molecule has 0 saturated carbocycles. The van der Waals surface area contributed by atoms with Gasteiger partial charge >= 0.3 is 5.97 Å². The molecule has 2 rings (SSSR count). The smallest absolute Gasteiger partial charge is 0.339 e. The van der Waals surface area contributed by atoms with Crippen LogP contribution in [0.15, 0.2) is 18.5 Å². The van der Waals surface area contributed by atoms with Crippen molar-refractivity contribution in [2.24, 2.45) is 5.92 Å². The minimum atomic E-state index is -0.897. The number of anilines is 1. The molecule has 0 aromatic carbocycles. The van der Waals surface area contributed by atoms with Gasteiger partial charge in [0.15, 0.2) is 0 Å². The Morgan fingerprint density at radius 1 is 1.65 bits per heavy atom. The van der Waals surface area contributed by atoms with Crippen molar-refractivity contribution in [2.75, 3.05) is 18.0 Å². The van der Waals surface area contributed by atoms with Crippen LogP contribution in [0.25, 0.3) is 0 Å². The zero-order valence-corrected chi connectivity index (χ0v) is 10.1. The van der Waals surface area contributed by atoms with Crippen LogP contribution in [0.2, 0.25) is 0 Å². The van der Waals surface area contributed by atoms with Crippen LogP contribution in [0.1, 0.15) is 36.5 Å². The molecule has 0 bridgehead atoms. The second kappa shape index (κ2) is 5.17. The minimum absolute atomic E-state index is 0.309. The Morgan fingerprint density at radius 2 is 2.47 bits per heavy atom. The molecule has 0 radical (unpaired) electrons. The fourth-order valence-electron chi connectivity index (χ4n) is 2.44. The predicted octanol–water partition coefficient (Wildman–Crippen LogP) is 2.41. The summed E-state index contributed by atoms with van der Waals surface area (Å²) in [6.45, 7) is 4.10. The normalized spacial score (nSPS) is 20.3. The average molecular weight is 234 g/mol. The number of carboxylic acids is 1. The molecule has 0 amide bonds. The second-order valence-electron chi connectivity index (χ2n) is 4.56. The molecule has 0 unspecified atom stereocenters. The van der Waals surface area contributed by atoms with Gasteiger partial charge in [-0.3, -0.25) is 4.98 Å². The Kier molecular flexibility index (Phi) is 3.61. The van der Waals surface area contributed by atoms with Crippen LogP contribution in [-0.4, -0.2) is 29.1 Å². The summed E-state index contributed by atoms with van der Waals surface area (Å²) in [6.07, 6.45) is 6.65. The molecule has 2 heterocycles. The van der Waals surface area contributed by atoms with Crippen LogP contribution in [0, 0.1) is 5.92 Å². The van der Waals surface area contributed by atoms with Crippen molar-refractivity contribution in [3.8, 4) is 0 Å². The maximum Gasteiger partial charge on any atom is 0.339 e. The summed E-state index contributed by atoms with van der Waals surface area (Å²) in [5.74, 6) is -0.217. The lowest BCUT2D eigenvalue weighted by Gasteiger charge is -2.34. The van der Waals surface area contributed by atoms with Crippen LogP contribution >= 0.6 is 0 Å². The quantitative estimate of drug-likeness (QED) is 0.872. The fourth-order valence-corrected chi connectivity index (χ4v) is 2.44. The lowest BCUT2D eigenvalue weighted by Crippen LogP contribution is -2.36. The number of carboxylic acid groups (broad SMARTS) is 1. The average Bonchev–Trinajstić information content (AvgIpc) is 2.39. The van der Waals surface area contributed by atoms with Gasteiger partial charge in [0, 0.05) is 25.5 Å². The Morgan fingerprint density at radius 3 is 3.18 bits per heavy atom. The van der Waals surface area contributed by atoms with Gasteiger partial charge in [-0.05, 0) is 24.8 Å². The summed E-state index contributed by atoms with van der Waals surface area (Å²) in [4.78, 5) is 17.2. The minimum Gasteiger partial charge on any atom is -0.478 e. The van der Waals surface area contributed by atoms with Crippen molar-refractivity contribution in [1.29, 1.82) is 0 Å². The molecule has 1 aliphatic heterocycles. The van der Waals surface area contributed by atoms with E-state index in [4.69, 9.17) is 5.11 Å². The Balaban J connectivity index is 2.24. The third kappa shape index (κ3) is 2.57. The van der Waals surface area contributed by atoms with Gasteiger partial charge in [-0.15, -0.1) is 0 Å². The molecule has 1 saturated heterocycles. The number of piperidine rings is 1. The Labute approximate surface area is 101 Å². The zero-order chi connectivity index (χ0) is 12.3. The summed E-state index contributed by atoms with van der Waals surface area (Å²) in [5, 5.41) is 9.15. The number of carbonyl (C=O) groups is 1. The first-order valence-electron chi connectivity index (χ1n) is 6.14. The SMILES string of the molecule is CC[C@H]1CCCN(c2ccncc2C(=O)O)C1. The first-order chi connectivity index (χ1) is 8.22. The highest BCUT2D eigenvalue weighted by atomic mass is 16.4. The summed E-state index contributed by atoms with van der Waals surface area (Å²) in [7, 11) is 0. The number of pyridine rings is 1. The van der Waals surface area contributed by atoms with Crippen molar-refractivity contribution in [1.82, 2.24) is 4.98 Å². The summed E-state index contributed by atoms with van der Waals surface area (Å²) >= 11 is 0. The van der Waals surface area contributed by atoms with Crippen molar-refractivity contribution in [3.05, 3.63) is 24.0 Å². The van der Waals surface area contributed by atoms with Gasteiger partial charge in [0.1, 0.15) is 5.56 Å². The molecule has 92 valence electrons. The van der Waals surface area contributed by atoms with Gasteiger partial charge in [0.05, 0.1) is 5.69 Å². The van der Waals surface area contributed by atoms with E-state index in [0.717, 1.165) is 31.6 Å². The number of nitrogens with zero attached hydrogens (tertiary/aromatic N) is 2. The molecule has 1 aromatic heterocycles. The van der Waals surface area contributed by atoms with Gasteiger partial charge in [-0.1, -0.05) is 13.3 Å². The van der Waals surface area contributed by atoms with E-state index in [1.165, 1.54) is 12.6 Å². The fraction of sp³-hybridized carbons (Fsp3) is 0.538. The molecule has 17 heavy (non-hydrogen) atoms. The van der Waals surface area contributed by atoms with Gasteiger partial charge in [0.2, 0.25) is 0 Å². The maximum absolute atomic E-state index is 11.1. The third-order valence-electron chi connectivity index (χ3n) is 3.47. The van der Waals surface area contributed by atoms with Crippen molar-refractivity contribution in [2.45, 2.75) is 26.2 Å². The van der Waals surface area contributed by atoms with Gasteiger partial charge in [-0.25, -0.2) is 4.79 Å². The highest BCUT2D eigenvalue weighted by Gasteiger charge is 2.22. The Bertz CT molecular complexity index is 406. The molecule has 4 nitrogen and oxygen atoms in total. The first-order valence-corrected chi connectivity index (χ1v) is 6.14. The van der Waals surface area contributed by atoms with E-state index < -0.39 is 5.97 Å². The lowest BCUT2D eigenvalue weighted by molar-refractivity contribution is 0.0697. The molecule has 1 fully saturated rings. The molecular weight excluding hydrogens is 216 g/mol. The highest BCUT2D eigenvalue weighted by molar-refractivity contribution is 5.94. The van der Waals surface area contributed by atoms with E-state index in [1.54, 1.807) is 6.20 Å². The largest absolute Gasteiger partial charge is 0.478 e. The van der Waals surface area contributed by atoms with E-state index in [1.807, 2.05) is 6.07 Å². The van der Waals surface area contributed by atoms with E-state index in [9.17, 15) is 4.79 Å². The van der Waals surface area contributed by atoms with Gasteiger partial charge < -0.3 is 10.0 Å². The van der Waals surface area contributed by atoms with E-state index in [2.05, 4.69) is 16.8 Å². The van der Waals surface area contributed by atoms with Gasteiger partial charge in [0.25, 0.3) is 0 Å². The number of aromatic nitrogens is 1. The van der Waals surface area contributed by atoms with Crippen LogP contribution in [0.3, 0.4) is 0 Å². The Hall–Kier alpha value is -1.58. The van der Waals surface area contributed by atoms with Crippen molar-refractivity contribution in [3.63, 3.8) is 0 Å². The van der Waals surface area contributed by atoms with Crippen molar-refractivity contribution >= 4 is 11.7 Å². The molecule has 1 atom stereocenters. The summed E-state index contributed by atoms with van der Waals surface area (Å²) in [5.41, 5.74) is 1.12. The number of rotatable bonds is 3. The first kappa shape index (κ1) is 11.9. The molecule has 1 N–H and O–H groups in total.